The van der Waals surface area contributed by atoms with Gasteiger partial charge in [-0.3, -0.25) is 24.6 Å². The molecule has 0 bridgehead atoms. The molecule has 10 nitrogen and oxygen atoms in total. The van der Waals surface area contributed by atoms with Crippen LogP contribution in [0.1, 0.15) is 32.8 Å². The van der Waals surface area contributed by atoms with Gasteiger partial charge in [0.1, 0.15) is 12.6 Å². The first kappa shape index (κ1) is 28.1. The molecular weight excluding hydrogens is 502 g/mol. The number of carbonyl (C=O) groups is 3. The molecule has 3 rings (SSSR count). The fraction of sp³-hybridized carbons (Fsp3) is 0.625. The number of ether oxygens (including phenoxy) is 1. The lowest BCUT2D eigenvalue weighted by molar-refractivity contribution is -0.384. The Labute approximate surface area is 217 Å². The van der Waals surface area contributed by atoms with Crippen molar-refractivity contribution >= 4 is 44.3 Å². The van der Waals surface area contributed by atoms with E-state index >= 15 is 0 Å². The Morgan fingerprint density at radius 2 is 1.94 bits per heavy atom. The summed E-state index contributed by atoms with van der Waals surface area (Å²) in [6.07, 6.45) is -0.451. The van der Waals surface area contributed by atoms with E-state index < -0.39 is 26.1 Å². The van der Waals surface area contributed by atoms with Crippen molar-refractivity contribution < 1.29 is 28.5 Å². The van der Waals surface area contributed by atoms with Gasteiger partial charge in [-0.2, -0.15) is 0 Å². The molecule has 0 aliphatic carbocycles. The van der Waals surface area contributed by atoms with Gasteiger partial charge in [0.05, 0.1) is 16.7 Å². The zero-order valence-electron chi connectivity index (χ0n) is 21.4. The molecule has 0 unspecified atom stereocenters. The number of thioether (sulfide) groups is 1. The minimum absolute atomic E-state index is 0.0142. The lowest BCUT2D eigenvalue weighted by Gasteiger charge is -2.46. The number of hydrogen-bond donors (Lipinski definition) is 1. The summed E-state index contributed by atoms with van der Waals surface area (Å²) in [6.45, 7) is 10.9. The van der Waals surface area contributed by atoms with Crippen molar-refractivity contribution in [1.82, 2.24) is 10.2 Å². The van der Waals surface area contributed by atoms with Crippen LogP contribution in [0.25, 0.3) is 0 Å². The number of β-lactam (4-membered cyclic amide) rings is 1. The number of nitro groups is 1. The first-order valence-electron chi connectivity index (χ1n) is 12.1. The number of nitrogens with one attached hydrogen (secondary N) is 1. The van der Waals surface area contributed by atoms with Crippen molar-refractivity contribution in [1.29, 1.82) is 0 Å². The van der Waals surface area contributed by atoms with Crippen molar-refractivity contribution in [2.45, 2.75) is 59.0 Å². The molecule has 2 aliphatic rings. The molecule has 4 atom stereocenters. The average molecular weight is 538 g/mol. The molecule has 2 aliphatic heterocycles. The summed E-state index contributed by atoms with van der Waals surface area (Å²) in [5.74, 6) is 0.337. The first-order chi connectivity index (χ1) is 16.9. The average Bonchev–Trinajstić information content (AvgIpc) is 3.29. The van der Waals surface area contributed by atoms with Crippen LogP contribution in [0.15, 0.2) is 24.3 Å². The summed E-state index contributed by atoms with van der Waals surface area (Å²) in [6, 6.07) is 4.86. The molecular formula is C24H35N3O7SSi. The third-order valence-electron chi connectivity index (χ3n) is 6.64. The number of hydrogen-bond acceptors (Lipinski definition) is 8. The molecule has 198 valence electrons. The molecule has 2 amide bonds. The Bertz CT molecular complexity index is 983. The molecule has 1 N–H and O–H groups in total. The van der Waals surface area contributed by atoms with E-state index in [2.05, 4.69) is 39.2 Å². The molecule has 2 heterocycles. The highest BCUT2D eigenvalue weighted by Crippen LogP contribution is 2.39. The maximum atomic E-state index is 13.2. The van der Waals surface area contributed by atoms with E-state index in [9.17, 15) is 24.5 Å². The summed E-state index contributed by atoms with van der Waals surface area (Å²) >= 11 is 1.48. The normalized spacial score (nSPS) is 22.7. The largest absolute Gasteiger partial charge is 0.445 e. The van der Waals surface area contributed by atoms with Gasteiger partial charge in [0.15, 0.2) is 14.8 Å². The number of amides is 2. The highest BCUT2D eigenvalue weighted by Gasteiger charge is 2.50. The van der Waals surface area contributed by atoms with E-state index in [0.29, 0.717) is 23.8 Å². The molecule has 2 fully saturated rings. The van der Waals surface area contributed by atoms with Gasteiger partial charge in [-0.15, -0.1) is 11.8 Å². The Hall–Kier alpha value is -2.44. The van der Waals surface area contributed by atoms with Gasteiger partial charge in [-0.25, -0.2) is 4.79 Å². The van der Waals surface area contributed by atoms with Crippen molar-refractivity contribution in [2.75, 3.05) is 18.2 Å². The second kappa shape index (κ2) is 11.7. The second-order valence-corrected chi connectivity index (χ2v) is 14.1. The summed E-state index contributed by atoms with van der Waals surface area (Å²) in [4.78, 5) is 50.2. The van der Waals surface area contributed by atoms with Crippen LogP contribution >= 0.6 is 11.8 Å². The SMILES string of the molecule is C[SiH](C)OC[C@H]([C@@H]1C(=O)N[C@@H]1CC(=O)[C@@H]1CSCN1C(=O)OCc1ccc([N+](=O)[O-])cc1)C(C)(C)C. The van der Waals surface area contributed by atoms with E-state index in [1.165, 1.54) is 40.9 Å². The maximum Gasteiger partial charge on any atom is 0.411 e. The number of carbonyl (C=O) groups excluding carboxylic acids is 3. The molecule has 0 spiro atoms. The van der Waals surface area contributed by atoms with Crippen LogP contribution < -0.4 is 5.32 Å². The van der Waals surface area contributed by atoms with Crippen molar-refractivity contribution in [3.63, 3.8) is 0 Å². The predicted molar refractivity (Wildman–Crippen MR) is 139 cm³/mol. The molecule has 1 aromatic rings. The van der Waals surface area contributed by atoms with Crippen LogP contribution in [-0.4, -0.2) is 67.0 Å². The van der Waals surface area contributed by atoms with Gasteiger partial charge in [0.2, 0.25) is 5.91 Å². The number of ketones is 1. The zero-order valence-corrected chi connectivity index (χ0v) is 23.4. The van der Waals surface area contributed by atoms with Crippen LogP contribution in [0, 0.1) is 27.4 Å². The van der Waals surface area contributed by atoms with Crippen molar-refractivity contribution in [3.8, 4) is 0 Å². The summed E-state index contributed by atoms with van der Waals surface area (Å²) in [7, 11) is -1.26. The number of nitro benzene ring substituents is 1. The third-order valence-corrected chi connectivity index (χ3v) is 8.51. The van der Waals surface area contributed by atoms with Gasteiger partial charge in [0, 0.05) is 37.0 Å². The molecule has 0 radical (unpaired) electrons. The van der Waals surface area contributed by atoms with E-state index in [1.807, 2.05) is 0 Å². The third kappa shape index (κ3) is 6.86. The van der Waals surface area contributed by atoms with Crippen LogP contribution in [0.2, 0.25) is 13.1 Å². The number of non-ortho nitro benzene ring substituents is 1. The van der Waals surface area contributed by atoms with Crippen LogP contribution in [0.4, 0.5) is 10.5 Å². The van der Waals surface area contributed by atoms with Crippen LogP contribution in [0.3, 0.4) is 0 Å². The molecule has 2 saturated heterocycles. The lowest BCUT2D eigenvalue weighted by Crippen LogP contribution is -2.64. The number of nitrogens with zero attached hydrogens (tertiary/aromatic N) is 2. The Balaban J connectivity index is 1.59. The van der Waals surface area contributed by atoms with E-state index in [-0.39, 0.29) is 53.7 Å². The molecule has 12 heteroatoms. The minimum atomic E-state index is -1.26. The highest BCUT2D eigenvalue weighted by molar-refractivity contribution is 7.99. The number of benzene rings is 1. The van der Waals surface area contributed by atoms with Crippen molar-refractivity contribution in [2.24, 2.45) is 17.3 Å². The summed E-state index contributed by atoms with van der Waals surface area (Å²) in [5, 5.41) is 13.7. The smallest absolute Gasteiger partial charge is 0.411 e. The van der Waals surface area contributed by atoms with Gasteiger partial charge >= 0.3 is 6.09 Å². The number of Topliss-reactive ketones (excluding diaryl/α,β-unsaturated/α-hetero) is 1. The van der Waals surface area contributed by atoms with E-state index in [4.69, 9.17) is 9.16 Å². The van der Waals surface area contributed by atoms with E-state index in [0.717, 1.165) is 0 Å². The molecule has 36 heavy (non-hydrogen) atoms. The predicted octanol–water partition coefficient (Wildman–Crippen LogP) is 3.34. The summed E-state index contributed by atoms with van der Waals surface area (Å²) in [5.41, 5.74) is 0.410. The van der Waals surface area contributed by atoms with Gasteiger partial charge in [-0.05, 0) is 42.1 Å². The minimum Gasteiger partial charge on any atom is -0.445 e. The van der Waals surface area contributed by atoms with Gasteiger partial charge < -0.3 is 14.5 Å². The maximum absolute atomic E-state index is 13.2. The molecule has 0 saturated carbocycles. The van der Waals surface area contributed by atoms with E-state index in [1.54, 1.807) is 0 Å². The lowest BCUT2D eigenvalue weighted by atomic mass is 9.66. The molecule has 1 aromatic carbocycles. The van der Waals surface area contributed by atoms with Crippen molar-refractivity contribution in [3.05, 3.63) is 39.9 Å². The van der Waals surface area contributed by atoms with Crippen LogP contribution in [0.5, 0.6) is 0 Å². The Morgan fingerprint density at radius 3 is 2.50 bits per heavy atom. The number of rotatable bonds is 10. The fourth-order valence-electron chi connectivity index (χ4n) is 4.47. The highest BCUT2D eigenvalue weighted by atomic mass is 32.2. The topological polar surface area (TPSA) is 128 Å². The second-order valence-electron chi connectivity index (χ2n) is 10.6. The monoisotopic (exact) mass is 537 g/mol. The Kier molecular flexibility index (Phi) is 9.17. The first-order valence-corrected chi connectivity index (χ1v) is 16.0. The Morgan fingerprint density at radius 1 is 1.28 bits per heavy atom. The fourth-order valence-corrected chi connectivity index (χ4v) is 6.24. The standard InChI is InChI=1S/C24H35N3O7SSi/c1-24(2,3)17(12-34-36(4)5)21-18(25-22(21)29)10-20(28)19-13-35-14-26(19)23(30)33-11-15-6-8-16(9-7-15)27(31)32/h6-9,17-19,21,36H,10-14H2,1-5H3,(H,25,29)/t17-,18-,19+,21+/m1/s1. The van der Waals surface area contributed by atoms with Gasteiger partial charge in [0.25, 0.3) is 5.69 Å². The van der Waals surface area contributed by atoms with Gasteiger partial charge in [-0.1, -0.05) is 20.8 Å². The molecule has 0 aromatic heterocycles. The summed E-state index contributed by atoms with van der Waals surface area (Å²) < 4.78 is 11.4. The van der Waals surface area contributed by atoms with Crippen LogP contribution in [-0.2, 0) is 25.4 Å². The zero-order chi connectivity index (χ0) is 26.6. The quantitative estimate of drug-likeness (QED) is 0.208.